The summed E-state index contributed by atoms with van der Waals surface area (Å²) in [5.74, 6) is -3.56. The van der Waals surface area contributed by atoms with Gasteiger partial charge in [-0.2, -0.15) is 8.78 Å². The van der Waals surface area contributed by atoms with Crippen molar-refractivity contribution in [3.8, 4) is 23.0 Å². The fraction of sp³-hybridized carbons (Fsp3) is 0.333. The van der Waals surface area contributed by atoms with Crippen molar-refractivity contribution in [3.05, 3.63) is 41.7 Å². The van der Waals surface area contributed by atoms with Crippen molar-refractivity contribution in [2.24, 2.45) is 5.92 Å². The molecular formula is C21H19F3N2O5. The summed E-state index contributed by atoms with van der Waals surface area (Å²) in [6, 6.07) is 4.66. The number of carboxylic acid groups (broad SMARTS) is 1. The molecule has 2 aromatic carbocycles. The van der Waals surface area contributed by atoms with E-state index in [4.69, 9.17) is 19.0 Å². The number of ether oxygens (including phenoxy) is 2. The first kappa shape index (κ1) is 20.8. The van der Waals surface area contributed by atoms with Crippen molar-refractivity contribution >= 4 is 17.2 Å². The van der Waals surface area contributed by atoms with Crippen LogP contribution < -0.4 is 14.8 Å². The van der Waals surface area contributed by atoms with Gasteiger partial charge in [-0.15, -0.1) is 0 Å². The molecule has 1 heterocycles. The van der Waals surface area contributed by atoms with E-state index in [1.165, 1.54) is 24.3 Å². The van der Waals surface area contributed by atoms with Crippen LogP contribution in [-0.2, 0) is 0 Å². The number of benzene rings is 2. The number of amides is 1. The first-order valence-electron chi connectivity index (χ1n) is 9.66. The van der Waals surface area contributed by atoms with Crippen LogP contribution in [0.3, 0.4) is 0 Å². The number of rotatable bonds is 8. The van der Waals surface area contributed by atoms with E-state index >= 15 is 0 Å². The molecule has 4 rings (SSSR count). The van der Waals surface area contributed by atoms with Crippen LogP contribution >= 0.6 is 0 Å². The highest BCUT2D eigenvalue weighted by atomic mass is 19.2. The maximum absolute atomic E-state index is 14.8. The molecule has 0 spiro atoms. The third-order valence-corrected chi connectivity index (χ3v) is 4.77. The summed E-state index contributed by atoms with van der Waals surface area (Å²) >= 11 is 0. The van der Waals surface area contributed by atoms with Gasteiger partial charge in [0.15, 0.2) is 22.9 Å². The van der Waals surface area contributed by atoms with Gasteiger partial charge in [0.1, 0.15) is 12.1 Å². The second kappa shape index (κ2) is 8.37. The van der Waals surface area contributed by atoms with E-state index in [0.29, 0.717) is 12.5 Å². The average Bonchev–Trinajstić information content (AvgIpc) is 3.45. The van der Waals surface area contributed by atoms with Crippen LogP contribution in [-0.4, -0.2) is 35.4 Å². The molecule has 1 fully saturated rings. The second-order valence-electron chi connectivity index (χ2n) is 7.40. The summed E-state index contributed by atoms with van der Waals surface area (Å²) in [6.07, 6.45) is 0.791. The lowest BCUT2D eigenvalue weighted by Gasteiger charge is -2.13. The van der Waals surface area contributed by atoms with Crippen LogP contribution in [0.25, 0.3) is 22.6 Å². The normalized spacial score (nSPS) is 14.5. The fourth-order valence-corrected chi connectivity index (χ4v) is 2.94. The molecule has 7 nitrogen and oxygen atoms in total. The van der Waals surface area contributed by atoms with Gasteiger partial charge in [-0.3, -0.25) is 0 Å². The Morgan fingerprint density at radius 1 is 1.16 bits per heavy atom. The second-order valence-corrected chi connectivity index (χ2v) is 7.40. The van der Waals surface area contributed by atoms with Gasteiger partial charge in [0.05, 0.1) is 18.2 Å². The Bertz CT molecular complexity index is 1130. The third-order valence-electron chi connectivity index (χ3n) is 4.77. The number of nitrogens with zero attached hydrogens (tertiary/aromatic N) is 1. The minimum atomic E-state index is -1.23. The zero-order chi connectivity index (χ0) is 22.1. The average molecular weight is 436 g/mol. The Morgan fingerprint density at radius 3 is 2.58 bits per heavy atom. The first-order valence-corrected chi connectivity index (χ1v) is 9.66. The van der Waals surface area contributed by atoms with Gasteiger partial charge in [0.2, 0.25) is 17.5 Å². The molecule has 0 aliphatic heterocycles. The van der Waals surface area contributed by atoms with Crippen molar-refractivity contribution in [1.82, 2.24) is 10.3 Å². The number of nitrogens with one attached hydrogen (secondary N) is 1. The molecular weight excluding hydrogens is 417 g/mol. The quantitative estimate of drug-likeness (QED) is 0.530. The predicted molar refractivity (Wildman–Crippen MR) is 104 cm³/mol. The molecule has 0 unspecified atom stereocenters. The van der Waals surface area contributed by atoms with Gasteiger partial charge < -0.3 is 24.3 Å². The van der Waals surface area contributed by atoms with E-state index in [-0.39, 0.29) is 40.7 Å². The Labute approximate surface area is 174 Å². The molecule has 1 aromatic heterocycles. The molecule has 3 aromatic rings. The molecule has 1 amide bonds. The van der Waals surface area contributed by atoms with Gasteiger partial charge in [0, 0.05) is 0 Å². The molecule has 1 aliphatic rings. The number of oxazole rings is 1. The summed E-state index contributed by atoms with van der Waals surface area (Å²) in [5.41, 5.74) is -0.473. The first-order chi connectivity index (χ1) is 14.8. The number of aromatic nitrogens is 1. The molecule has 164 valence electrons. The number of carbonyl (C=O) groups is 1. The van der Waals surface area contributed by atoms with E-state index < -0.39 is 29.6 Å². The van der Waals surface area contributed by atoms with Gasteiger partial charge in [0.25, 0.3) is 0 Å². The van der Waals surface area contributed by atoms with E-state index in [2.05, 4.69) is 10.3 Å². The summed E-state index contributed by atoms with van der Waals surface area (Å²) < 4.78 is 59.7. The number of halogens is 3. The smallest absolute Gasteiger partial charge is 0.404 e. The van der Waals surface area contributed by atoms with Crippen molar-refractivity contribution in [1.29, 1.82) is 0 Å². The maximum Gasteiger partial charge on any atom is 0.404 e. The highest BCUT2D eigenvalue weighted by molar-refractivity contribution is 5.78. The largest absolute Gasteiger partial charge is 0.490 e. The van der Waals surface area contributed by atoms with Crippen LogP contribution in [0.5, 0.6) is 11.5 Å². The molecule has 10 heteroatoms. The van der Waals surface area contributed by atoms with Crippen LogP contribution in [0.15, 0.2) is 28.7 Å². The Hall–Kier alpha value is -3.43. The van der Waals surface area contributed by atoms with Gasteiger partial charge in [-0.25, -0.2) is 14.2 Å². The van der Waals surface area contributed by atoms with Crippen molar-refractivity contribution in [3.63, 3.8) is 0 Å². The van der Waals surface area contributed by atoms with Crippen LogP contribution in [0, 0.1) is 23.4 Å². The van der Waals surface area contributed by atoms with E-state index in [0.717, 1.165) is 12.8 Å². The standard InChI is InChI=1S/C21H19F3N2O5/c1-10(25-21(27)28)8-29-15-7-5-13-19(18(15)24)31-20(26-13)12-4-6-14(17(23)16(12)22)30-9-11-2-3-11/h4-7,10-11,25H,2-3,8-9H2,1H3,(H,27,28)/t10-/m0/s1. The summed E-state index contributed by atoms with van der Waals surface area (Å²) in [5, 5.41) is 10.9. The van der Waals surface area contributed by atoms with Gasteiger partial charge in [-0.1, -0.05) is 0 Å². The highest BCUT2D eigenvalue weighted by Crippen LogP contribution is 2.35. The highest BCUT2D eigenvalue weighted by Gasteiger charge is 2.25. The Balaban J connectivity index is 1.57. The lowest BCUT2D eigenvalue weighted by molar-refractivity contribution is 0.182. The summed E-state index contributed by atoms with van der Waals surface area (Å²) in [7, 11) is 0. The predicted octanol–water partition coefficient (Wildman–Crippen LogP) is 4.74. The van der Waals surface area contributed by atoms with Crippen LogP contribution in [0.2, 0.25) is 0 Å². The minimum absolute atomic E-state index is 0.0884. The Morgan fingerprint density at radius 2 is 1.87 bits per heavy atom. The van der Waals surface area contributed by atoms with Crippen molar-refractivity contribution < 1.29 is 37.0 Å². The van der Waals surface area contributed by atoms with Crippen LogP contribution in [0.4, 0.5) is 18.0 Å². The maximum atomic E-state index is 14.8. The topological polar surface area (TPSA) is 93.8 Å². The molecule has 1 saturated carbocycles. The molecule has 31 heavy (non-hydrogen) atoms. The number of hydrogen-bond acceptors (Lipinski definition) is 5. The lowest BCUT2D eigenvalue weighted by atomic mass is 10.2. The summed E-state index contributed by atoms with van der Waals surface area (Å²) in [6.45, 7) is 1.75. The molecule has 1 aliphatic carbocycles. The third kappa shape index (κ3) is 4.52. The molecule has 2 N–H and O–H groups in total. The zero-order valence-corrected chi connectivity index (χ0v) is 16.5. The summed E-state index contributed by atoms with van der Waals surface area (Å²) in [4.78, 5) is 14.6. The fourth-order valence-electron chi connectivity index (χ4n) is 2.94. The monoisotopic (exact) mass is 436 g/mol. The lowest BCUT2D eigenvalue weighted by Crippen LogP contribution is -2.35. The zero-order valence-electron chi connectivity index (χ0n) is 16.5. The Kier molecular flexibility index (Phi) is 5.62. The van der Waals surface area contributed by atoms with Gasteiger partial charge in [-0.05, 0) is 49.9 Å². The van der Waals surface area contributed by atoms with E-state index in [1.54, 1.807) is 6.92 Å². The van der Waals surface area contributed by atoms with Gasteiger partial charge >= 0.3 is 6.09 Å². The number of hydrogen-bond donors (Lipinski definition) is 2. The SMILES string of the molecule is C[C@@H](COc1ccc2nc(-c3ccc(OCC4CC4)c(F)c3F)oc2c1F)NC(=O)O. The van der Waals surface area contributed by atoms with Crippen molar-refractivity contribution in [2.75, 3.05) is 13.2 Å². The van der Waals surface area contributed by atoms with E-state index in [9.17, 15) is 18.0 Å². The molecule has 0 radical (unpaired) electrons. The van der Waals surface area contributed by atoms with E-state index in [1.807, 2.05) is 0 Å². The number of fused-ring (bicyclic) bond motifs is 1. The minimum Gasteiger partial charge on any atom is -0.490 e. The van der Waals surface area contributed by atoms with Crippen molar-refractivity contribution in [2.45, 2.75) is 25.8 Å². The molecule has 0 saturated heterocycles. The molecule has 1 atom stereocenters. The van der Waals surface area contributed by atoms with Crippen LogP contribution in [0.1, 0.15) is 19.8 Å². The molecule has 0 bridgehead atoms.